The number of ether oxygens (including phenoxy) is 3. The highest BCUT2D eigenvalue weighted by molar-refractivity contribution is 5.69. The van der Waals surface area contributed by atoms with Crippen LogP contribution in [0.3, 0.4) is 0 Å². The molecule has 1 aromatic heterocycles. The lowest BCUT2D eigenvalue weighted by molar-refractivity contribution is -0.00763. The molecule has 6 nitrogen and oxygen atoms in total. The maximum absolute atomic E-state index is 12.5. The van der Waals surface area contributed by atoms with Crippen LogP contribution in [0.5, 0.6) is 11.8 Å². The van der Waals surface area contributed by atoms with Gasteiger partial charge >= 0.3 is 6.09 Å². The molecular weight excluding hydrogens is 308 g/mol. The van der Waals surface area contributed by atoms with E-state index < -0.39 is 5.60 Å². The average Bonchev–Trinajstić information content (AvgIpc) is 2.77. The first-order chi connectivity index (χ1) is 11.4. The Morgan fingerprint density at radius 3 is 2.38 bits per heavy atom. The molecule has 2 unspecified atom stereocenters. The molecule has 2 saturated heterocycles. The zero-order chi connectivity index (χ0) is 17.3. The van der Waals surface area contributed by atoms with E-state index in [1.165, 1.54) is 0 Å². The van der Waals surface area contributed by atoms with Crippen LogP contribution in [0.4, 0.5) is 4.79 Å². The van der Waals surface area contributed by atoms with Gasteiger partial charge in [0.25, 0.3) is 0 Å². The van der Waals surface area contributed by atoms with Gasteiger partial charge in [-0.15, -0.1) is 0 Å². The van der Waals surface area contributed by atoms with Crippen LogP contribution in [0.25, 0.3) is 0 Å². The Balaban J connectivity index is 1.63. The number of carbonyl (C=O) groups is 1. The number of rotatable bonds is 3. The molecule has 132 valence electrons. The quantitative estimate of drug-likeness (QED) is 0.848. The van der Waals surface area contributed by atoms with Crippen molar-refractivity contribution in [3.8, 4) is 11.8 Å². The van der Waals surface area contributed by atoms with Crippen LogP contribution >= 0.6 is 0 Å². The Kier molecular flexibility index (Phi) is 4.56. The van der Waals surface area contributed by atoms with E-state index in [2.05, 4.69) is 4.98 Å². The summed E-state index contributed by atoms with van der Waals surface area (Å²) in [5.74, 6) is 1.12. The van der Waals surface area contributed by atoms with E-state index in [4.69, 9.17) is 14.2 Å². The van der Waals surface area contributed by atoms with Crippen molar-refractivity contribution in [2.75, 3.05) is 7.11 Å². The third kappa shape index (κ3) is 3.74. The van der Waals surface area contributed by atoms with E-state index in [0.29, 0.717) is 11.8 Å². The van der Waals surface area contributed by atoms with Crippen molar-refractivity contribution in [1.29, 1.82) is 0 Å². The summed E-state index contributed by atoms with van der Waals surface area (Å²) in [5, 5.41) is 0. The SMILES string of the molecule is COc1cccc(OC2CC3CCC(C2)N3C(=O)OC(C)(C)C)n1. The number of fused-ring (bicyclic) bond motifs is 2. The van der Waals surface area contributed by atoms with Gasteiger partial charge in [0.2, 0.25) is 11.8 Å². The van der Waals surface area contributed by atoms with Crippen LogP contribution < -0.4 is 9.47 Å². The summed E-state index contributed by atoms with van der Waals surface area (Å²) in [6, 6.07) is 5.88. The highest BCUT2D eigenvalue weighted by Crippen LogP contribution is 2.38. The molecule has 0 N–H and O–H groups in total. The summed E-state index contributed by atoms with van der Waals surface area (Å²) in [5.41, 5.74) is -0.464. The first-order valence-electron chi connectivity index (χ1n) is 8.55. The molecule has 3 rings (SSSR count). The number of hydrogen-bond donors (Lipinski definition) is 0. The smallest absolute Gasteiger partial charge is 0.410 e. The van der Waals surface area contributed by atoms with Crippen molar-refractivity contribution in [3.63, 3.8) is 0 Å². The number of nitrogens with zero attached hydrogens (tertiary/aromatic N) is 2. The van der Waals surface area contributed by atoms with Crippen molar-refractivity contribution < 1.29 is 19.0 Å². The van der Waals surface area contributed by atoms with Gasteiger partial charge in [0.05, 0.1) is 7.11 Å². The second kappa shape index (κ2) is 6.49. The number of hydrogen-bond acceptors (Lipinski definition) is 5. The van der Waals surface area contributed by atoms with Gasteiger partial charge in [-0.2, -0.15) is 4.98 Å². The van der Waals surface area contributed by atoms with Crippen LogP contribution in [0, 0.1) is 0 Å². The van der Waals surface area contributed by atoms with Gasteiger partial charge in [-0.1, -0.05) is 6.07 Å². The molecule has 0 spiro atoms. The molecule has 0 radical (unpaired) electrons. The minimum atomic E-state index is -0.464. The highest BCUT2D eigenvalue weighted by Gasteiger charge is 2.45. The van der Waals surface area contributed by atoms with E-state index >= 15 is 0 Å². The summed E-state index contributed by atoms with van der Waals surface area (Å²) < 4.78 is 16.7. The summed E-state index contributed by atoms with van der Waals surface area (Å²) in [6.07, 6.45) is 3.52. The van der Waals surface area contributed by atoms with E-state index in [1.807, 2.05) is 37.8 Å². The summed E-state index contributed by atoms with van der Waals surface area (Å²) in [7, 11) is 1.59. The van der Waals surface area contributed by atoms with Crippen LogP contribution in [0.2, 0.25) is 0 Å². The van der Waals surface area contributed by atoms with Crippen molar-refractivity contribution in [3.05, 3.63) is 18.2 Å². The molecule has 1 aromatic rings. The predicted octanol–water partition coefficient (Wildman–Crippen LogP) is 3.40. The maximum atomic E-state index is 12.5. The van der Waals surface area contributed by atoms with Gasteiger partial charge in [-0.05, 0) is 33.6 Å². The van der Waals surface area contributed by atoms with Gasteiger partial charge in [0.15, 0.2) is 0 Å². The second-order valence-corrected chi connectivity index (χ2v) is 7.50. The fourth-order valence-electron chi connectivity index (χ4n) is 3.58. The van der Waals surface area contributed by atoms with Gasteiger partial charge in [-0.25, -0.2) is 4.79 Å². The topological polar surface area (TPSA) is 60.9 Å². The number of carbonyl (C=O) groups excluding carboxylic acids is 1. The van der Waals surface area contributed by atoms with E-state index in [9.17, 15) is 4.79 Å². The lowest BCUT2D eigenvalue weighted by Crippen LogP contribution is -2.50. The number of pyridine rings is 1. The Labute approximate surface area is 143 Å². The largest absolute Gasteiger partial charge is 0.481 e. The third-order valence-electron chi connectivity index (χ3n) is 4.49. The first-order valence-corrected chi connectivity index (χ1v) is 8.55. The fourth-order valence-corrected chi connectivity index (χ4v) is 3.58. The molecule has 2 bridgehead atoms. The zero-order valence-electron chi connectivity index (χ0n) is 14.8. The Morgan fingerprint density at radius 2 is 1.79 bits per heavy atom. The van der Waals surface area contributed by atoms with Gasteiger partial charge < -0.3 is 19.1 Å². The van der Waals surface area contributed by atoms with E-state index in [0.717, 1.165) is 25.7 Å². The van der Waals surface area contributed by atoms with E-state index in [1.54, 1.807) is 13.2 Å². The Morgan fingerprint density at radius 1 is 1.17 bits per heavy atom. The molecule has 2 aliphatic rings. The molecule has 24 heavy (non-hydrogen) atoms. The second-order valence-electron chi connectivity index (χ2n) is 7.50. The lowest BCUT2D eigenvalue weighted by atomic mass is 10.0. The maximum Gasteiger partial charge on any atom is 0.410 e. The highest BCUT2D eigenvalue weighted by atomic mass is 16.6. The average molecular weight is 334 g/mol. The number of piperidine rings is 1. The monoisotopic (exact) mass is 334 g/mol. The van der Waals surface area contributed by atoms with Crippen molar-refractivity contribution in [2.45, 2.75) is 70.2 Å². The molecular formula is C18H26N2O4. The third-order valence-corrected chi connectivity index (χ3v) is 4.49. The van der Waals surface area contributed by atoms with Gasteiger partial charge in [-0.3, -0.25) is 0 Å². The molecule has 1 amide bonds. The van der Waals surface area contributed by atoms with Crippen LogP contribution in [-0.4, -0.2) is 46.9 Å². The zero-order valence-corrected chi connectivity index (χ0v) is 14.8. The van der Waals surface area contributed by atoms with Crippen molar-refractivity contribution in [1.82, 2.24) is 9.88 Å². The van der Waals surface area contributed by atoms with Crippen LogP contribution in [-0.2, 0) is 4.74 Å². The van der Waals surface area contributed by atoms with Crippen molar-refractivity contribution >= 4 is 6.09 Å². The number of aromatic nitrogens is 1. The minimum Gasteiger partial charge on any atom is -0.481 e. The summed E-state index contributed by atoms with van der Waals surface area (Å²) >= 11 is 0. The summed E-state index contributed by atoms with van der Waals surface area (Å²) in [4.78, 5) is 18.7. The number of amides is 1. The van der Waals surface area contributed by atoms with Crippen LogP contribution in [0.1, 0.15) is 46.5 Å². The van der Waals surface area contributed by atoms with Gasteiger partial charge in [0, 0.05) is 37.1 Å². The van der Waals surface area contributed by atoms with Gasteiger partial charge in [0.1, 0.15) is 11.7 Å². The summed E-state index contributed by atoms with van der Waals surface area (Å²) in [6.45, 7) is 5.70. The predicted molar refractivity (Wildman–Crippen MR) is 89.3 cm³/mol. The molecule has 2 fully saturated rings. The fraction of sp³-hybridized carbons (Fsp3) is 0.667. The normalized spacial score (nSPS) is 26.2. The molecule has 6 heteroatoms. The Hall–Kier alpha value is -1.98. The molecule has 0 aromatic carbocycles. The number of methoxy groups -OCH3 is 1. The standard InChI is InChI=1S/C18H26N2O4/c1-18(2,3)24-17(21)20-12-8-9-13(20)11-14(10-12)23-16-7-5-6-15(19-16)22-4/h5-7,12-14H,8-11H2,1-4H3. The Bertz CT molecular complexity index is 585. The van der Waals surface area contributed by atoms with E-state index in [-0.39, 0.29) is 24.3 Å². The van der Waals surface area contributed by atoms with Crippen LogP contribution in [0.15, 0.2) is 18.2 Å². The molecule has 2 atom stereocenters. The molecule has 0 aliphatic carbocycles. The lowest BCUT2D eigenvalue weighted by Gasteiger charge is -2.39. The molecule has 2 aliphatic heterocycles. The minimum absolute atomic E-state index is 0.0702. The molecule has 3 heterocycles. The van der Waals surface area contributed by atoms with Crippen molar-refractivity contribution in [2.24, 2.45) is 0 Å². The molecule has 0 saturated carbocycles. The first kappa shape index (κ1) is 16.9.